The molecule has 10 heteroatoms. The fourth-order valence-corrected chi connectivity index (χ4v) is 7.03. The zero-order valence-electron chi connectivity index (χ0n) is 18.5. The molecule has 30 heavy (non-hydrogen) atoms. The summed E-state index contributed by atoms with van der Waals surface area (Å²) in [6.45, 7) is 12.3. The summed E-state index contributed by atoms with van der Waals surface area (Å²) in [6.07, 6.45) is 4.78. The first-order valence-corrected chi connectivity index (χ1v) is 12.7. The van der Waals surface area contributed by atoms with Gasteiger partial charge >= 0.3 is 0 Å². The minimum atomic E-state index is -3.50. The highest BCUT2D eigenvalue weighted by Gasteiger charge is 2.54. The van der Waals surface area contributed by atoms with Crippen LogP contribution < -0.4 is 0 Å². The van der Waals surface area contributed by atoms with Crippen LogP contribution in [0.1, 0.15) is 51.8 Å². The monoisotopic (exact) mass is 440 g/mol. The van der Waals surface area contributed by atoms with Crippen molar-refractivity contribution in [3.8, 4) is 0 Å². The fourth-order valence-electron chi connectivity index (χ4n) is 5.33. The predicted octanol–water partition coefficient (Wildman–Crippen LogP) is 1.15. The first kappa shape index (κ1) is 22.1. The van der Waals surface area contributed by atoms with Gasteiger partial charge in [0.05, 0.1) is 13.2 Å². The molecule has 1 aromatic heterocycles. The van der Waals surface area contributed by atoms with Crippen molar-refractivity contribution in [3.05, 3.63) is 12.2 Å². The van der Waals surface area contributed by atoms with E-state index in [1.165, 1.54) is 0 Å². The second kappa shape index (κ2) is 8.82. The van der Waals surface area contributed by atoms with E-state index in [9.17, 15) is 8.42 Å². The molecule has 0 aromatic carbocycles. The highest BCUT2D eigenvalue weighted by atomic mass is 32.2. The van der Waals surface area contributed by atoms with Crippen LogP contribution in [0, 0.1) is 5.41 Å². The van der Waals surface area contributed by atoms with E-state index in [-0.39, 0.29) is 11.3 Å². The van der Waals surface area contributed by atoms with Gasteiger partial charge in [-0.3, -0.25) is 0 Å². The summed E-state index contributed by atoms with van der Waals surface area (Å²) in [5.74, 6) is 1.03. The lowest BCUT2D eigenvalue weighted by Crippen LogP contribution is -2.49. The van der Waals surface area contributed by atoms with Gasteiger partial charge in [0, 0.05) is 44.7 Å². The van der Waals surface area contributed by atoms with E-state index in [1.807, 2.05) is 0 Å². The maximum Gasteiger partial charge on any atom is 0.282 e. The number of likely N-dealkylation sites (tertiary alicyclic amines) is 1. The smallest absolute Gasteiger partial charge is 0.282 e. The number of hydrogen-bond acceptors (Lipinski definition) is 6. The van der Waals surface area contributed by atoms with Gasteiger partial charge in [0.1, 0.15) is 12.2 Å². The van der Waals surface area contributed by atoms with Crippen LogP contribution in [-0.2, 0) is 21.5 Å². The third-order valence-corrected chi connectivity index (χ3v) is 9.13. The zero-order chi connectivity index (χ0) is 21.4. The van der Waals surface area contributed by atoms with Crippen LogP contribution in [0.3, 0.4) is 0 Å². The Morgan fingerprint density at radius 3 is 2.50 bits per heavy atom. The summed E-state index contributed by atoms with van der Waals surface area (Å²) in [7, 11) is -3.50. The molecule has 170 valence electrons. The van der Waals surface area contributed by atoms with Gasteiger partial charge in [0.15, 0.2) is 0 Å². The van der Waals surface area contributed by atoms with E-state index in [2.05, 4.69) is 40.4 Å². The van der Waals surface area contributed by atoms with Gasteiger partial charge in [-0.15, -0.1) is 10.2 Å². The molecular formula is C20H36N6O3S. The maximum atomic E-state index is 13.5. The van der Waals surface area contributed by atoms with Gasteiger partial charge in [0.2, 0.25) is 0 Å². The van der Waals surface area contributed by atoms with Crippen LogP contribution in [0.2, 0.25) is 0 Å². The van der Waals surface area contributed by atoms with Crippen LogP contribution in [0.25, 0.3) is 0 Å². The van der Waals surface area contributed by atoms with Crippen molar-refractivity contribution < 1.29 is 13.2 Å². The second-order valence-corrected chi connectivity index (χ2v) is 11.2. The first-order chi connectivity index (χ1) is 14.4. The molecule has 0 aliphatic carbocycles. The first-order valence-electron chi connectivity index (χ1n) is 11.3. The van der Waals surface area contributed by atoms with E-state index in [1.54, 1.807) is 14.9 Å². The molecule has 0 N–H and O–H groups in total. The van der Waals surface area contributed by atoms with Crippen molar-refractivity contribution in [2.45, 2.75) is 58.5 Å². The molecule has 4 heterocycles. The van der Waals surface area contributed by atoms with Crippen LogP contribution in [0.5, 0.6) is 0 Å². The van der Waals surface area contributed by atoms with E-state index < -0.39 is 10.2 Å². The van der Waals surface area contributed by atoms with Crippen molar-refractivity contribution in [2.24, 2.45) is 5.41 Å². The van der Waals surface area contributed by atoms with Crippen LogP contribution in [0.4, 0.5) is 0 Å². The highest BCUT2D eigenvalue weighted by molar-refractivity contribution is 7.86. The number of piperidine rings is 1. The van der Waals surface area contributed by atoms with Crippen LogP contribution in [-0.4, -0.2) is 95.2 Å². The Kier molecular flexibility index (Phi) is 6.51. The lowest BCUT2D eigenvalue weighted by molar-refractivity contribution is 0.0682. The van der Waals surface area contributed by atoms with E-state index in [0.717, 1.165) is 44.7 Å². The molecule has 1 atom stereocenters. The van der Waals surface area contributed by atoms with Gasteiger partial charge in [-0.2, -0.15) is 17.0 Å². The minimum Gasteiger partial charge on any atom is -0.379 e. The van der Waals surface area contributed by atoms with E-state index >= 15 is 0 Å². The fraction of sp³-hybridized carbons (Fsp3) is 0.900. The molecular weight excluding hydrogens is 404 g/mol. The number of ether oxygens (including phenoxy) is 1. The number of rotatable bonds is 6. The van der Waals surface area contributed by atoms with E-state index in [0.29, 0.717) is 45.4 Å². The largest absolute Gasteiger partial charge is 0.379 e. The third kappa shape index (κ3) is 4.04. The molecule has 0 bridgehead atoms. The Morgan fingerprint density at radius 1 is 1.17 bits per heavy atom. The molecule has 1 aromatic rings. The summed E-state index contributed by atoms with van der Waals surface area (Å²) in [4.78, 5) is 2.50. The Hall–Kier alpha value is -1.07. The summed E-state index contributed by atoms with van der Waals surface area (Å²) in [5.41, 5.74) is -0.0801. The summed E-state index contributed by atoms with van der Waals surface area (Å²) >= 11 is 0. The molecule has 1 spiro atoms. The summed E-state index contributed by atoms with van der Waals surface area (Å²) in [5, 5.41) is 8.68. The third-order valence-electron chi connectivity index (χ3n) is 7.19. The topological polar surface area (TPSA) is 83.8 Å². The quantitative estimate of drug-likeness (QED) is 0.660. The number of morpholine rings is 1. The SMILES string of the molecule is CCCn1cnnc1C1CN(S(=O)(=O)N2CCOCC2)CC12CCN(C(C)C)CC2. The molecule has 0 radical (unpaired) electrons. The van der Waals surface area contributed by atoms with Crippen molar-refractivity contribution in [2.75, 3.05) is 52.5 Å². The molecule has 3 fully saturated rings. The number of nitrogens with zero attached hydrogens (tertiary/aromatic N) is 6. The van der Waals surface area contributed by atoms with Gasteiger partial charge < -0.3 is 14.2 Å². The standard InChI is InChI=1S/C20H36N6O3S/c1-4-7-24-16-21-22-19(24)18-14-26(30(27,28)25-10-12-29-13-11-25)15-20(18)5-8-23(9-6-20)17(2)3/h16-18H,4-15H2,1-3H3. The van der Waals surface area contributed by atoms with Crippen molar-refractivity contribution >= 4 is 10.2 Å². The van der Waals surface area contributed by atoms with E-state index in [4.69, 9.17) is 4.74 Å². The van der Waals surface area contributed by atoms with Gasteiger partial charge in [0.25, 0.3) is 10.2 Å². The zero-order valence-corrected chi connectivity index (χ0v) is 19.4. The van der Waals surface area contributed by atoms with Crippen molar-refractivity contribution in [1.29, 1.82) is 0 Å². The normalized spacial score (nSPS) is 26.7. The van der Waals surface area contributed by atoms with Crippen molar-refractivity contribution in [1.82, 2.24) is 28.3 Å². The van der Waals surface area contributed by atoms with Gasteiger partial charge in [-0.25, -0.2) is 0 Å². The Morgan fingerprint density at radius 2 is 1.87 bits per heavy atom. The average molecular weight is 441 g/mol. The molecule has 3 saturated heterocycles. The number of hydrogen-bond donors (Lipinski definition) is 0. The lowest BCUT2D eigenvalue weighted by Gasteiger charge is -2.43. The van der Waals surface area contributed by atoms with Gasteiger partial charge in [-0.05, 0) is 51.6 Å². The van der Waals surface area contributed by atoms with Crippen LogP contribution in [0.15, 0.2) is 6.33 Å². The second-order valence-electron chi connectivity index (χ2n) is 9.24. The molecule has 1 unspecified atom stereocenters. The summed E-state index contributed by atoms with van der Waals surface area (Å²) in [6, 6.07) is 0.513. The minimum absolute atomic E-state index is 0.0801. The average Bonchev–Trinajstić information content (AvgIpc) is 3.34. The molecule has 3 aliphatic rings. The molecule has 9 nitrogen and oxygen atoms in total. The predicted molar refractivity (Wildman–Crippen MR) is 114 cm³/mol. The summed E-state index contributed by atoms with van der Waals surface area (Å²) < 4.78 is 37.7. The Labute approximate surface area is 180 Å². The van der Waals surface area contributed by atoms with Crippen molar-refractivity contribution in [3.63, 3.8) is 0 Å². The van der Waals surface area contributed by atoms with Gasteiger partial charge in [-0.1, -0.05) is 6.92 Å². The van der Waals surface area contributed by atoms with Crippen LogP contribution >= 0.6 is 0 Å². The molecule has 4 rings (SSSR count). The molecule has 3 aliphatic heterocycles. The lowest BCUT2D eigenvalue weighted by atomic mass is 9.70. The highest BCUT2D eigenvalue weighted by Crippen LogP contribution is 2.50. The Balaban J connectivity index is 1.63. The molecule has 0 saturated carbocycles. The maximum absolute atomic E-state index is 13.5. The molecule has 0 amide bonds. The number of aryl methyl sites for hydroxylation is 1. The number of aromatic nitrogens is 3. The Bertz CT molecular complexity index is 812.